The second-order valence-corrected chi connectivity index (χ2v) is 5.67. The lowest BCUT2D eigenvalue weighted by atomic mass is 9.96. The first-order valence-electron chi connectivity index (χ1n) is 7.68. The Hall–Kier alpha value is -3.27. The minimum absolute atomic E-state index is 0.0592. The zero-order valence-electron chi connectivity index (χ0n) is 12.8. The smallest absolute Gasteiger partial charge is 0.246 e. The van der Waals surface area contributed by atoms with Gasteiger partial charge in [0.05, 0.1) is 11.4 Å². The van der Waals surface area contributed by atoms with Crippen molar-refractivity contribution in [3.8, 4) is 0 Å². The Labute approximate surface area is 138 Å². The second-order valence-electron chi connectivity index (χ2n) is 5.67. The number of rotatable bonds is 2. The monoisotopic (exact) mass is 314 g/mol. The van der Waals surface area contributed by atoms with Gasteiger partial charge in [0.1, 0.15) is 12.8 Å². The third-order valence-corrected chi connectivity index (χ3v) is 4.13. The molecule has 24 heavy (non-hydrogen) atoms. The van der Waals surface area contributed by atoms with E-state index < -0.39 is 0 Å². The van der Waals surface area contributed by atoms with E-state index in [1.807, 2.05) is 48.5 Å². The molecule has 0 aromatic heterocycles. The van der Waals surface area contributed by atoms with Crippen LogP contribution >= 0.6 is 0 Å². The van der Waals surface area contributed by atoms with Crippen LogP contribution in [-0.4, -0.2) is 24.4 Å². The molecular formula is C20H14N2O2. The van der Waals surface area contributed by atoms with Crippen LogP contribution in [-0.2, 0) is 4.79 Å². The Bertz CT molecular complexity index is 1010. The predicted molar refractivity (Wildman–Crippen MR) is 94.9 cm³/mol. The highest BCUT2D eigenvalue weighted by Crippen LogP contribution is 2.31. The van der Waals surface area contributed by atoms with Crippen LogP contribution in [0.5, 0.6) is 0 Å². The SMILES string of the molecule is O=Cc1cccc(C2=NCC(=O)Nc3c2ccc2ccccc32)c1. The van der Waals surface area contributed by atoms with E-state index in [1.165, 1.54) is 0 Å². The van der Waals surface area contributed by atoms with E-state index in [0.717, 1.165) is 39.6 Å². The van der Waals surface area contributed by atoms with Gasteiger partial charge in [-0.1, -0.05) is 54.6 Å². The molecule has 0 atom stereocenters. The van der Waals surface area contributed by atoms with Crippen molar-refractivity contribution >= 4 is 34.4 Å². The molecule has 1 amide bonds. The predicted octanol–water partition coefficient (Wildman–Crippen LogP) is 3.44. The highest BCUT2D eigenvalue weighted by molar-refractivity contribution is 6.23. The third kappa shape index (κ3) is 2.38. The lowest BCUT2D eigenvalue weighted by Crippen LogP contribution is -2.13. The molecule has 3 aromatic rings. The second kappa shape index (κ2) is 5.74. The number of carbonyl (C=O) groups is 2. The number of hydrogen-bond acceptors (Lipinski definition) is 3. The molecule has 0 saturated heterocycles. The summed E-state index contributed by atoms with van der Waals surface area (Å²) in [6.45, 7) is 0.0592. The molecule has 116 valence electrons. The molecule has 0 fully saturated rings. The fourth-order valence-electron chi connectivity index (χ4n) is 3.02. The number of aldehydes is 1. The zero-order valence-corrected chi connectivity index (χ0v) is 12.8. The summed E-state index contributed by atoms with van der Waals surface area (Å²) in [5.41, 5.74) is 3.76. The number of hydrogen-bond donors (Lipinski definition) is 1. The van der Waals surface area contributed by atoms with E-state index in [0.29, 0.717) is 5.56 Å². The molecule has 4 heteroatoms. The summed E-state index contributed by atoms with van der Waals surface area (Å²) >= 11 is 0. The summed E-state index contributed by atoms with van der Waals surface area (Å²) in [4.78, 5) is 27.7. The fraction of sp³-hybridized carbons (Fsp3) is 0.0500. The Morgan fingerprint density at radius 3 is 2.75 bits per heavy atom. The average molecular weight is 314 g/mol. The molecule has 4 rings (SSSR count). The third-order valence-electron chi connectivity index (χ3n) is 4.13. The van der Waals surface area contributed by atoms with Crippen LogP contribution in [0.2, 0.25) is 0 Å². The van der Waals surface area contributed by atoms with Crippen molar-refractivity contribution in [2.75, 3.05) is 11.9 Å². The maximum absolute atomic E-state index is 12.1. The Morgan fingerprint density at radius 2 is 1.88 bits per heavy atom. The number of aliphatic imine (C=N–C) groups is 1. The number of anilines is 1. The van der Waals surface area contributed by atoms with Gasteiger partial charge in [-0.15, -0.1) is 0 Å². The molecule has 0 saturated carbocycles. The van der Waals surface area contributed by atoms with E-state index in [1.54, 1.807) is 12.1 Å². The number of nitrogens with one attached hydrogen (secondary N) is 1. The standard InChI is InChI=1S/C20H14N2O2/c23-12-13-4-3-6-15(10-13)19-17-9-8-14-5-1-2-7-16(14)20(17)22-18(24)11-21-19/h1-10,12H,11H2,(H,22,24). The van der Waals surface area contributed by atoms with Crippen molar-refractivity contribution < 1.29 is 9.59 Å². The highest BCUT2D eigenvalue weighted by atomic mass is 16.1. The maximum Gasteiger partial charge on any atom is 0.246 e. The summed E-state index contributed by atoms with van der Waals surface area (Å²) in [6.07, 6.45) is 0.811. The lowest BCUT2D eigenvalue weighted by molar-refractivity contribution is -0.114. The average Bonchev–Trinajstić information content (AvgIpc) is 2.80. The molecule has 3 aromatic carbocycles. The summed E-state index contributed by atoms with van der Waals surface area (Å²) in [6, 6.07) is 19.2. The van der Waals surface area contributed by atoms with Crippen molar-refractivity contribution in [1.82, 2.24) is 0 Å². The Morgan fingerprint density at radius 1 is 1.00 bits per heavy atom. The van der Waals surface area contributed by atoms with Crippen LogP contribution in [0.15, 0.2) is 65.7 Å². The van der Waals surface area contributed by atoms with E-state index >= 15 is 0 Å². The molecule has 1 aliphatic heterocycles. The molecule has 1 N–H and O–H groups in total. The van der Waals surface area contributed by atoms with Crippen LogP contribution < -0.4 is 5.32 Å². The number of nitrogens with zero attached hydrogens (tertiary/aromatic N) is 1. The lowest BCUT2D eigenvalue weighted by Gasteiger charge is -2.13. The molecular weight excluding hydrogens is 300 g/mol. The van der Waals surface area contributed by atoms with Crippen molar-refractivity contribution in [3.05, 3.63) is 77.4 Å². The van der Waals surface area contributed by atoms with Gasteiger partial charge in [-0.2, -0.15) is 0 Å². The largest absolute Gasteiger partial charge is 0.323 e. The van der Waals surface area contributed by atoms with Crippen LogP contribution in [0.3, 0.4) is 0 Å². The van der Waals surface area contributed by atoms with Crippen LogP contribution in [0.1, 0.15) is 21.5 Å². The van der Waals surface area contributed by atoms with Crippen molar-refractivity contribution in [1.29, 1.82) is 0 Å². The first kappa shape index (κ1) is 14.3. The zero-order chi connectivity index (χ0) is 16.5. The molecule has 0 bridgehead atoms. The van der Waals surface area contributed by atoms with Gasteiger partial charge in [0.25, 0.3) is 0 Å². The number of benzene rings is 3. The molecule has 0 unspecified atom stereocenters. The number of carbonyl (C=O) groups excluding carboxylic acids is 2. The van der Waals surface area contributed by atoms with E-state index in [4.69, 9.17) is 0 Å². The Balaban J connectivity index is 1.98. The summed E-state index contributed by atoms with van der Waals surface area (Å²) in [5.74, 6) is -0.144. The van der Waals surface area contributed by atoms with Gasteiger partial charge >= 0.3 is 0 Å². The molecule has 0 radical (unpaired) electrons. The van der Waals surface area contributed by atoms with Gasteiger partial charge in [-0.25, -0.2) is 0 Å². The number of fused-ring (bicyclic) bond motifs is 3. The topological polar surface area (TPSA) is 58.5 Å². The van der Waals surface area contributed by atoms with Gasteiger partial charge in [-0.3, -0.25) is 14.6 Å². The molecule has 1 heterocycles. The minimum atomic E-state index is -0.144. The first-order chi connectivity index (χ1) is 11.8. The van der Waals surface area contributed by atoms with Gasteiger partial charge in [0, 0.05) is 22.1 Å². The summed E-state index contributed by atoms with van der Waals surface area (Å²) in [7, 11) is 0. The van der Waals surface area contributed by atoms with Crippen LogP contribution in [0.25, 0.3) is 10.8 Å². The summed E-state index contributed by atoms with van der Waals surface area (Å²) in [5, 5.41) is 5.00. The van der Waals surface area contributed by atoms with Crippen LogP contribution in [0, 0.1) is 0 Å². The molecule has 4 nitrogen and oxygen atoms in total. The number of amides is 1. The summed E-state index contributed by atoms with van der Waals surface area (Å²) < 4.78 is 0. The highest BCUT2D eigenvalue weighted by Gasteiger charge is 2.20. The molecule has 1 aliphatic rings. The van der Waals surface area contributed by atoms with Gasteiger partial charge in [0.15, 0.2) is 0 Å². The molecule has 0 spiro atoms. The van der Waals surface area contributed by atoms with Gasteiger partial charge < -0.3 is 5.32 Å². The minimum Gasteiger partial charge on any atom is -0.323 e. The normalized spacial score (nSPS) is 13.7. The van der Waals surface area contributed by atoms with Crippen molar-refractivity contribution in [3.63, 3.8) is 0 Å². The van der Waals surface area contributed by atoms with E-state index in [-0.39, 0.29) is 12.5 Å². The van der Waals surface area contributed by atoms with E-state index in [2.05, 4.69) is 10.3 Å². The Kier molecular flexibility index (Phi) is 3.43. The van der Waals surface area contributed by atoms with Crippen molar-refractivity contribution in [2.24, 2.45) is 4.99 Å². The van der Waals surface area contributed by atoms with Crippen molar-refractivity contribution in [2.45, 2.75) is 0 Å². The van der Waals surface area contributed by atoms with Gasteiger partial charge in [0.2, 0.25) is 5.91 Å². The van der Waals surface area contributed by atoms with Crippen LogP contribution in [0.4, 0.5) is 5.69 Å². The fourth-order valence-corrected chi connectivity index (χ4v) is 3.02. The van der Waals surface area contributed by atoms with E-state index in [9.17, 15) is 9.59 Å². The molecule has 0 aliphatic carbocycles. The maximum atomic E-state index is 12.1. The quantitative estimate of drug-likeness (QED) is 0.737. The first-order valence-corrected chi connectivity index (χ1v) is 7.68. The van der Waals surface area contributed by atoms with Gasteiger partial charge in [-0.05, 0) is 11.5 Å².